The van der Waals surface area contributed by atoms with Crippen LogP contribution in [0.15, 0.2) is 40.3 Å². The molecular formula is C19H23NO3S. The minimum Gasteiger partial charge on any atom is -0.466 e. The Morgan fingerprint density at radius 2 is 2.12 bits per heavy atom. The Morgan fingerprint density at radius 1 is 1.33 bits per heavy atom. The molecule has 2 aliphatic rings. The molecular weight excluding hydrogens is 322 g/mol. The normalized spacial score (nSPS) is 22.2. The fraction of sp³-hybridized carbons (Fsp3) is 0.526. The first-order valence-electron chi connectivity index (χ1n) is 8.74. The molecule has 0 aromatic carbocycles. The quantitative estimate of drug-likeness (QED) is 0.841. The van der Waals surface area contributed by atoms with Gasteiger partial charge in [0.25, 0.3) is 0 Å². The molecule has 4 rings (SSSR count). The van der Waals surface area contributed by atoms with Crippen molar-refractivity contribution in [2.45, 2.75) is 49.5 Å². The van der Waals surface area contributed by atoms with E-state index in [1.807, 2.05) is 11.4 Å². The van der Waals surface area contributed by atoms with Crippen molar-refractivity contribution in [3.8, 4) is 0 Å². The van der Waals surface area contributed by atoms with Gasteiger partial charge in [0.1, 0.15) is 11.4 Å². The van der Waals surface area contributed by atoms with E-state index in [9.17, 15) is 9.90 Å². The Hall–Kier alpha value is -1.59. The van der Waals surface area contributed by atoms with Crippen molar-refractivity contribution in [2.24, 2.45) is 5.92 Å². The summed E-state index contributed by atoms with van der Waals surface area (Å²) in [6.45, 7) is 0.219. The Kier molecular flexibility index (Phi) is 4.01. The molecule has 1 atom stereocenters. The Bertz CT molecular complexity index is 684. The minimum absolute atomic E-state index is 0.0491. The van der Waals surface area contributed by atoms with Crippen LogP contribution in [0.1, 0.15) is 49.2 Å². The summed E-state index contributed by atoms with van der Waals surface area (Å²) in [4.78, 5) is 14.2. The average Bonchev–Trinajstić information content (AvgIpc) is 3.09. The first-order chi connectivity index (χ1) is 11.7. The van der Waals surface area contributed by atoms with E-state index < -0.39 is 11.0 Å². The summed E-state index contributed by atoms with van der Waals surface area (Å²) < 4.78 is 5.46. The highest BCUT2D eigenvalue weighted by Gasteiger charge is 2.49. The molecule has 2 saturated carbocycles. The van der Waals surface area contributed by atoms with Crippen LogP contribution in [0.5, 0.6) is 0 Å². The first kappa shape index (κ1) is 15.9. The highest BCUT2D eigenvalue weighted by Crippen LogP contribution is 2.46. The lowest BCUT2D eigenvalue weighted by molar-refractivity contribution is -0.128. The summed E-state index contributed by atoms with van der Waals surface area (Å²) in [5.74, 6) is 0.778. The van der Waals surface area contributed by atoms with E-state index in [1.165, 1.54) is 0 Å². The van der Waals surface area contributed by atoms with Crippen LogP contribution in [-0.4, -0.2) is 17.6 Å². The van der Waals surface area contributed by atoms with Gasteiger partial charge in [-0.25, -0.2) is 0 Å². The lowest BCUT2D eigenvalue weighted by Gasteiger charge is -2.31. The summed E-state index contributed by atoms with van der Waals surface area (Å²) in [5, 5.41) is 16.2. The maximum absolute atomic E-state index is 13.1. The number of furan rings is 1. The number of rotatable bonds is 6. The van der Waals surface area contributed by atoms with Crippen molar-refractivity contribution in [2.75, 3.05) is 6.54 Å². The monoisotopic (exact) mass is 345 g/mol. The zero-order valence-corrected chi connectivity index (χ0v) is 14.5. The summed E-state index contributed by atoms with van der Waals surface area (Å²) in [5.41, 5.74) is -1.50. The van der Waals surface area contributed by atoms with Crippen LogP contribution in [0.3, 0.4) is 0 Å². The predicted octanol–water partition coefficient (Wildman–Crippen LogP) is 3.57. The van der Waals surface area contributed by atoms with Crippen molar-refractivity contribution < 1.29 is 14.3 Å². The third-order valence-electron chi connectivity index (χ3n) is 5.60. The number of hydrogen-bond donors (Lipinski definition) is 2. The van der Waals surface area contributed by atoms with E-state index >= 15 is 0 Å². The van der Waals surface area contributed by atoms with Crippen LogP contribution in [-0.2, 0) is 15.8 Å². The lowest BCUT2D eigenvalue weighted by atomic mass is 9.83. The van der Waals surface area contributed by atoms with Gasteiger partial charge in [-0.2, -0.15) is 0 Å². The number of aliphatic hydroxyl groups is 1. The maximum atomic E-state index is 13.1. The number of thiophene rings is 1. The van der Waals surface area contributed by atoms with Gasteiger partial charge in [0, 0.05) is 4.88 Å². The van der Waals surface area contributed by atoms with Gasteiger partial charge in [0.05, 0.1) is 18.2 Å². The zero-order chi connectivity index (χ0) is 16.6. The standard InChI is InChI=1S/C19H23NO3S/c21-17(18(9-1-2-10-18)16-6-4-12-24-16)20-13-19(22,14-7-8-14)15-5-3-11-23-15/h3-6,11-12,14,22H,1-2,7-10,13H2,(H,20,21). The molecule has 0 radical (unpaired) electrons. The van der Waals surface area contributed by atoms with Gasteiger partial charge in [-0.1, -0.05) is 18.9 Å². The van der Waals surface area contributed by atoms with E-state index in [0.717, 1.165) is 43.4 Å². The van der Waals surface area contributed by atoms with Gasteiger partial charge in [0.2, 0.25) is 5.91 Å². The third-order valence-corrected chi connectivity index (χ3v) is 6.68. The topological polar surface area (TPSA) is 62.5 Å². The van der Waals surface area contributed by atoms with Crippen LogP contribution < -0.4 is 5.32 Å². The molecule has 4 nitrogen and oxygen atoms in total. The fourth-order valence-electron chi connectivity index (χ4n) is 4.02. The largest absolute Gasteiger partial charge is 0.466 e. The highest BCUT2D eigenvalue weighted by atomic mass is 32.1. The minimum atomic E-state index is -1.09. The molecule has 1 amide bonds. The number of hydrogen-bond acceptors (Lipinski definition) is 4. The molecule has 0 aliphatic heterocycles. The summed E-state index contributed by atoms with van der Waals surface area (Å²) in [6, 6.07) is 7.66. The zero-order valence-electron chi connectivity index (χ0n) is 13.7. The SMILES string of the molecule is O=C(NCC(O)(c1ccco1)C1CC1)C1(c2cccs2)CCCC1. The van der Waals surface area contributed by atoms with Gasteiger partial charge in [0.15, 0.2) is 0 Å². The molecule has 2 aliphatic carbocycles. The molecule has 5 heteroatoms. The van der Waals surface area contributed by atoms with Crippen molar-refractivity contribution in [1.82, 2.24) is 5.32 Å². The van der Waals surface area contributed by atoms with Crippen LogP contribution in [0.2, 0.25) is 0 Å². The van der Waals surface area contributed by atoms with Crippen molar-refractivity contribution in [3.63, 3.8) is 0 Å². The number of nitrogens with one attached hydrogen (secondary N) is 1. The van der Waals surface area contributed by atoms with Gasteiger partial charge in [-0.15, -0.1) is 11.3 Å². The predicted molar refractivity (Wildman–Crippen MR) is 92.8 cm³/mol. The van der Waals surface area contributed by atoms with E-state index in [0.29, 0.717) is 5.76 Å². The second-order valence-corrected chi connectivity index (χ2v) is 8.07. The van der Waals surface area contributed by atoms with Gasteiger partial charge < -0.3 is 14.8 Å². The molecule has 2 fully saturated rings. The van der Waals surface area contributed by atoms with Crippen molar-refractivity contribution in [1.29, 1.82) is 0 Å². The lowest BCUT2D eigenvalue weighted by Crippen LogP contribution is -2.48. The van der Waals surface area contributed by atoms with E-state index in [4.69, 9.17) is 4.42 Å². The molecule has 2 heterocycles. The molecule has 2 aromatic heterocycles. The molecule has 0 saturated heterocycles. The van der Waals surface area contributed by atoms with E-state index in [1.54, 1.807) is 29.7 Å². The van der Waals surface area contributed by atoms with Crippen molar-refractivity contribution in [3.05, 3.63) is 46.5 Å². The van der Waals surface area contributed by atoms with Gasteiger partial charge >= 0.3 is 0 Å². The van der Waals surface area contributed by atoms with Crippen molar-refractivity contribution >= 4 is 17.2 Å². The summed E-state index contributed by atoms with van der Waals surface area (Å²) in [6.07, 6.45) is 7.47. The molecule has 2 N–H and O–H groups in total. The molecule has 0 bridgehead atoms. The van der Waals surface area contributed by atoms with Crippen LogP contribution in [0.25, 0.3) is 0 Å². The number of amides is 1. The van der Waals surface area contributed by atoms with Gasteiger partial charge in [-0.3, -0.25) is 4.79 Å². The Balaban J connectivity index is 1.53. The molecule has 128 valence electrons. The Labute approximate surface area is 145 Å². The number of carbonyl (C=O) groups is 1. The number of carbonyl (C=O) groups excluding carboxylic acids is 1. The maximum Gasteiger partial charge on any atom is 0.231 e. The summed E-state index contributed by atoms with van der Waals surface area (Å²) in [7, 11) is 0. The fourth-order valence-corrected chi connectivity index (χ4v) is 5.00. The van der Waals surface area contributed by atoms with E-state index in [2.05, 4.69) is 11.4 Å². The Morgan fingerprint density at radius 3 is 2.71 bits per heavy atom. The average molecular weight is 345 g/mol. The molecule has 2 aromatic rings. The highest BCUT2D eigenvalue weighted by molar-refractivity contribution is 7.10. The van der Waals surface area contributed by atoms with Crippen LogP contribution >= 0.6 is 11.3 Å². The van der Waals surface area contributed by atoms with Crippen LogP contribution in [0, 0.1) is 5.92 Å². The van der Waals surface area contributed by atoms with E-state index in [-0.39, 0.29) is 18.4 Å². The molecule has 24 heavy (non-hydrogen) atoms. The van der Waals surface area contributed by atoms with Gasteiger partial charge in [-0.05, 0) is 55.2 Å². The molecule has 1 unspecified atom stereocenters. The molecule has 0 spiro atoms. The second-order valence-electron chi connectivity index (χ2n) is 7.13. The third kappa shape index (κ3) is 2.60. The second kappa shape index (κ2) is 6.05. The first-order valence-corrected chi connectivity index (χ1v) is 9.62. The summed E-state index contributed by atoms with van der Waals surface area (Å²) >= 11 is 1.66. The van der Waals surface area contributed by atoms with Crippen LogP contribution in [0.4, 0.5) is 0 Å². The smallest absolute Gasteiger partial charge is 0.231 e.